The van der Waals surface area contributed by atoms with Crippen molar-refractivity contribution in [2.75, 3.05) is 19.7 Å². The highest BCUT2D eigenvalue weighted by molar-refractivity contribution is 5.30. The molecule has 0 aromatic heterocycles. The lowest BCUT2D eigenvalue weighted by Gasteiger charge is -2.14. The average molecular weight is 250 g/mol. The van der Waals surface area contributed by atoms with E-state index in [0.717, 1.165) is 17.9 Å². The van der Waals surface area contributed by atoms with Gasteiger partial charge in [0, 0.05) is 6.04 Å². The summed E-state index contributed by atoms with van der Waals surface area (Å²) in [5, 5.41) is 13.3. The first-order valence-electron chi connectivity index (χ1n) is 6.64. The van der Waals surface area contributed by atoms with Crippen LogP contribution in [0.25, 0.3) is 0 Å². The van der Waals surface area contributed by atoms with Gasteiger partial charge in [0.1, 0.15) is 12.4 Å². The Kier molecular flexibility index (Phi) is 4.99. The van der Waals surface area contributed by atoms with Crippen LogP contribution in [0, 0.1) is 0 Å². The number of ether oxygens (including phenoxy) is 1. The molecule has 0 saturated carbocycles. The summed E-state index contributed by atoms with van der Waals surface area (Å²) in [4.78, 5) is 0. The van der Waals surface area contributed by atoms with Crippen LogP contribution in [0.3, 0.4) is 0 Å². The molecule has 0 aliphatic carbocycles. The second kappa shape index (κ2) is 6.73. The van der Waals surface area contributed by atoms with Crippen LogP contribution in [0.15, 0.2) is 24.3 Å². The topological polar surface area (TPSA) is 67.5 Å². The van der Waals surface area contributed by atoms with Crippen molar-refractivity contribution in [2.45, 2.75) is 31.4 Å². The molecule has 1 aromatic carbocycles. The van der Waals surface area contributed by atoms with E-state index in [4.69, 9.17) is 10.5 Å². The van der Waals surface area contributed by atoms with Gasteiger partial charge in [0.25, 0.3) is 0 Å². The lowest BCUT2D eigenvalue weighted by atomic mass is 10.1. The highest BCUT2D eigenvalue weighted by atomic mass is 16.5. The second-order valence-electron chi connectivity index (χ2n) is 4.77. The van der Waals surface area contributed by atoms with Gasteiger partial charge in [0.05, 0.1) is 6.10 Å². The minimum atomic E-state index is -0.497. The zero-order valence-corrected chi connectivity index (χ0v) is 10.6. The SMILES string of the molecule is NCC[C@@H](O)c1cccc(OC[C@@H]2CCCN2)c1. The van der Waals surface area contributed by atoms with Gasteiger partial charge in [0.15, 0.2) is 0 Å². The summed E-state index contributed by atoms with van der Waals surface area (Å²) < 4.78 is 5.75. The summed E-state index contributed by atoms with van der Waals surface area (Å²) in [6.45, 7) is 2.26. The monoisotopic (exact) mass is 250 g/mol. The summed E-state index contributed by atoms with van der Waals surface area (Å²) in [6, 6.07) is 8.10. The Morgan fingerprint density at radius 2 is 2.39 bits per heavy atom. The molecule has 0 radical (unpaired) electrons. The van der Waals surface area contributed by atoms with Gasteiger partial charge in [-0.3, -0.25) is 0 Å². The molecule has 0 unspecified atom stereocenters. The fraction of sp³-hybridized carbons (Fsp3) is 0.571. The van der Waals surface area contributed by atoms with E-state index in [1.807, 2.05) is 24.3 Å². The number of nitrogens with two attached hydrogens (primary N) is 1. The lowest BCUT2D eigenvalue weighted by molar-refractivity contribution is 0.169. The fourth-order valence-corrected chi connectivity index (χ4v) is 2.23. The molecule has 4 heteroatoms. The van der Waals surface area contributed by atoms with E-state index in [2.05, 4.69) is 5.32 Å². The van der Waals surface area contributed by atoms with E-state index in [0.29, 0.717) is 25.6 Å². The minimum absolute atomic E-state index is 0.461. The molecule has 1 aliphatic heterocycles. The summed E-state index contributed by atoms with van der Waals surface area (Å²) in [5.74, 6) is 0.817. The lowest BCUT2D eigenvalue weighted by Crippen LogP contribution is -2.28. The van der Waals surface area contributed by atoms with Crippen LogP contribution < -0.4 is 15.8 Å². The van der Waals surface area contributed by atoms with Crippen molar-refractivity contribution in [2.24, 2.45) is 5.73 Å². The van der Waals surface area contributed by atoms with Crippen LogP contribution in [0.4, 0.5) is 0 Å². The maximum Gasteiger partial charge on any atom is 0.119 e. The summed E-state index contributed by atoms with van der Waals surface area (Å²) in [5.41, 5.74) is 6.32. The molecule has 1 heterocycles. The summed E-state index contributed by atoms with van der Waals surface area (Å²) >= 11 is 0. The highest BCUT2D eigenvalue weighted by Crippen LogP contribution is 2.21. The largest absolute Gasteiger partial charge is 0.492 e. The average Bonchev–Trinajstić information content (AvgIpc) is 2.90. The Morgan fingerprint density at radius 1 is 1.50 bits per heavy atom. The van der Waals surface area contributed by atoms with E-state index in [-0.39, 0.29) is 0 Å². The Morgan fingerprint density at radius 3 is 3.11 bits per heavy atom. The number of hydrogen-bond donors (Lipinski definition) is 3. The van der Waals surface area contributed by atoms with Gasteiger partial charge < -0.3 is 20.9 Å². The Bertz CT molecular complexity index is 365. The van der Waals surface area contributed by atoms with Gasteiger partial charge >= 0.3 is 0 Å². The Hall–Kier alpha value is -1.10. The molecule has 1 fully saturated rings. The molecule has 2 atom stereocenters. The van der Waals surface area contributed by atoms with Gasteiger partial charge in [-0.05, 0) is 50.0 Å². The van der Waals surface area contributed by atoms with Crippen molar-refractivity contribution >= 4 is 0 Å². The molecule has 1 saturated heterocycles. The van der Waals surface area contributed by atoms with Crippen LogP contribution in [-0.4, -0.2) is 30.8 Å². The predicted octanol–water partition coefficient (Wildman–Crippen LogP) is 1.20. The van der Waals surface area contributed by atoms with E-state index in [1.54, 1.807) is 0 Å². The van der Waals surface area contributed by atoms with Crippen LogP contribution in [0.5, 0.6) is 5.75 Å². The molecule has 2 rings (SSSR count). The quantitative estimate of drug-likeness (QED) is 0.709. The maximum absolute atomic E-state index is 9.88. The van der Waals surface area contributed by atoms with Crippen LogP contribution in [0.1, 0.15) is 30.9 Å². The third-order valence-corrected chi connectivity index (χ3v) is 3.30. The molecule has 4 nitrogen and oxygen atoms in total. The normalized spacial score (nSPS) is 20.9. The molecule has 0 bridgehead atoms. The predicted molar refractivity (Wildman–Crippen MR) is 71.6 cm³/mol. The van der Waals surface area contributed by atoms with E-state index in [9.17, 15) is 5.11 Å². The third-order valence-electron chi connectivity index (χ3n) is 3.30. The van der Waals surface area contributed by atoms with Gasteiger partial charge in [0.2, 0.25) is 0 Å². The standard InChI is InChI=1S/C14H22N2O2/c15-7-6-14(17)11-3-1-5-13(9-11)18-10-12-4-2-8-16-12/h1,3,5,9,12,14,16-17H,2,4,6-8,10,15H2/t12-,14+/m0/s1. The van der Waals surface area contributed by atoms with E-state index in [1.165, 1.54) is 12.8 Å². The summed E-state index contributed by atoms with van der Waals surface area (Å²) in [6.07, 6.45) is 2.48. The zero-order valence-electron chi connectivity index (χ0n) is 10.6. The molecule has 4 N–H and O–H groups in total. The number of benzene rings is 1. The van der Waals surface area contributed by atoms with E-state index >= 15 is 0 Å². The van der Waals surface area contributed by atoms with Crippen molar-refractivity contribution < 1.29 is 9.84 Å². The van der Waals surface area contributed by atoms with Gasteiger partial charge in [-0.2, -0.15) is 0 Å². The third kappa shape index (κ3) is 3.70. The Labute approximate surface area is 108 Å². The molecule has 1 aliphatic rings. The number of aliphatic hydroxyl groups is 1. The van der Waals surface area contributed by atoms with Crippen molar-refractivity contribution in [1.82, 2.24) is 5.32 Å². The van der Waals surface area contributed by atoms with Crippen molar-refractivity contribution in [3.8, 4) is 5.75 Å². The van der Waals surface area contributed by atoms with Crippen LogP contribution in [-0.2, 0) is 0 Å². The first-order valence-corrected chi connectivity index (χ1v) is 6.64. The van der Waals surface area contributed by atoms with Crippen LogP contribution >= 0.6 is 0 Å². The maximum atomic E-state index is 9.88. The van der Waals surface area contributed by atoms with Gasteiger partial charge in [-0.25, -0.2) is 0 Å². The number of aliphatic hydroxyl groups excluding tert-OH is 1. The van der Waals surface area contributed by atoms with Crippen molar-refractivity contribution in [3.05, 3.63) is 29.8 Å². The molecule has 0 spiro atoms. The Balaban J connectivity index is 1.89. The highest BCUT2D eigenvalue weighted by Gasteiger charge is 2.14. The zero-order chi connectivity index (χ0) is 12.8. The number of rotatable bonds is 6. The van der Waals surface area contributed by atoms with Gasteiger partial charge in [-0.1, -0.05) is 12.1 Å². The fourth-order valence-electron chi connectivity index (χ4n) is 2.23. The molecular weight excluding hydrogens is 228 g/mol. The molecular formula is C14H22N2O2. The number of hydrogen-bond acceptors (Lipinski definition) is 4. The van der Waals surface area contributed by atoms with Crippen LogP contribution in [0.2, 0.25) is 0 Å². The van der Waals surface area contributed by atoms with Crippen molar-refractivity contribution in [3.63, 3.8) is 0 Å². The smallest absolute Gasteiger partial charge is 0.119 e. The second-order valence-corrected chi connectivity index (χ2v) is 4.77. The number of nitrogens with one attached hydrogen (secondary N) is 1. The van der Waals surface area contributed by atoms with E-state index < -0.39 is 6.10 Å². The minimum Gasteiger partial charge on any atom is -0.492 e. The van der Waals surface area contributed by atoms with Crippen molar-refractivity contribution in [1.29, 1.82) is 0 Å². The molecule has 100 valence electrons. The first-order chi connectivity index (χ1) is 8.79. The van der Waals surface area contributed by atoms with Gasteiger partial charge in [-0.15, -0.1) is 0 Å². The summed E-state index contributed by atoms with van der Waals surface area (Å²) in [7, 11) is 0. The molecule has 18 heavy (non-hydrogen) atoms. The molecule has 1 aromatic rings. The molecule has 0 amide bonds. The first kappa shape index (κ1) is 13.3.